The summed E-state index contributed by atoms with van der Waals surface area (Å²) in [6.45, 7) is 0.882. The summed E-state index contributed by atoms with van der Waals surface area (Å²) in [4.78, 5) is 18.7. The van der Waals surface area contributed by atoms with Crippen LogP contribution >= 0.6 is 0 Å². The Hall–Kier alpha value is -4.10. The summed E-state index contributed by atoms with van der Waals surface area (Å²) in [6, 6.07) is 16.9. The van der Waals surface area contributed by atoms with Crippen molar-refractivity contribution in [3.8, 4) is 11.8 Å². The van der Waals surface area contributed by atoms with Gasteiger partial charge in [0, 0.05) is 43.7 Å². The van der Waals surface area contributed by atoms with Crippen LogP contribution in [0.1, 0.15) is 27.0 Å². The van der Waals surface area contributed by atoms with Crippen LogP contribution in [0.3, 0.4) is 0 Å². The summed E-state index contributed by atoms with van der Waals surface area (Å²) in [6.07, 6.45) is 1.90. The molecular formula is C26H27N5O4S. The van der Waals surface area contributed by atoms with Crippen molar-refractivity contribution in [3.63, 3.8) is 0 Å². The third-order valence-electron chi connectivity index (χ3n) is 6.14. The minimum Gasteiger partial charge on any atom is -0.494 e. The van der Waals surface area contributed by atoms with Gasteiger partial charge in [0.1, 0.15) is 17.6 Å². The number of amides is 1. The van der Waals surface area contributed by atoms with Crippen molar-refractivity contribution in [3.05, 3.63) is 77.0 Å². The summed E-state index contributed by atoms with van der Waals surface area (Å²) in [7, 11) is 0.183. The predicted octanol–water partition coefficient (Wildman–Crippen LogP) is 2.89. The van der Waals surface area contributed by atoms with E-state index in [0.717, 1.165) is 16.8 Å². The molecule has 1 aliphatic heterocycles. The minimum atomic E-state index is -2.97. The number of methoxy groups -OCH3 is 1. The van der Waals surface area contributed by atoms with Crippen LogP contribution in [0, 0.1) is 11.3 Å². The molecule has 9 nitrogen and oxygen atoms in total. The maximum atomic E-state index is 12.3. The molecule has 2 aromatic carbocycles. The predicted molar refractivity (Wildman–Crippen MR) is 139 cm³/mol. The molecule has 0 saturated carbocycles. The van der Waals surface area contributed by atoms with Crippen LogP contribution in [0.2, 0.25) is 0 Å². The van der Waals surface area contributed by atoms with Crippen LogP contribution in [0.4, 0.5) is 17.2 Å². The van der Waals surface area contributed by atoms with Crippen LogP contribution < -0.4 is 20.3 Å². The largest absolute Gasteiger partial charge is 0.494 e. The first-order valence-corrected chi connectivity index (χ1v) is 13.2. The number of aromatic nitrogens is 1. The molecule has 1 fully saturated rings. The quantitative estimate of drug-likeness (QED) is 0.502. The average Bonchev–Trinajstić information content (AvgIpc) is 2.89. The number of nitrogens with zero attached hydrogens (tertiary/aromatic N) is 3. The molecule has 0 aliphatic carbocycles. The van der Waals surface area contributed by atoms with Crippen LogP contribution in [-0.2, 0) is 16.3 Å². The Morgan fingerprint density at radius 1 is 1.14 bits per heavy atom. The summed E-state index contributed by atoms with van der Waals surface area (Å²) < 4.78 is 29.1. The van der Waals surface area contributed by atoms with Gasteiger partial charge in [0.15, 0.2) is 9.84 Å². The number of nitrogens with one attached hydrogen (secondary N) is 2. The number of sulfone groups is 1. The number of ether oxygens (including phenoxy) is 1. The lowest BCUT2D eigenvalue weighted by molar-refractivity contribution is 0.0962. The van der Waals surface area contributed by atoms with Gasteiger partial charge in [-0.25, -0.2) is 13.4 Å². The molecule has 4 rings (SSSR count). The number of anilines is 3. The first-order valence-electron chi connectivity index (χ1n) is 11.4. The lowest BCUT2D eigenvalue weighted by Gasteiger charge is -2.29. The highest BCUT2D eigenvalue weighted by Crippen LogP contribution is 2.33. The van der Waals surface area contributed by atoms with Crippen molar-refractivity contribution < 1.29 is 17.9 Å². The van der Waals surface area contributed by atoms with Crippen molar-refractivity contribution >= 4 is 32.9 Å². The van der Waals surface area contributed by atoms with E-state index in [2.05, 4.69) is 21.7 Å². The lowest BCUT2D eigenvalue weighted by atomic mass is 9.97. The fraction of sp³-hybridized carbons (Fsp3) is 0.269. The molecule has 1 amide bonds. The van der Waals surface area contributed by atoms with Gasteiger partial charge in [-0.05, 0) is 41.8 Å². The van der Waals surface area contributed by atoms with Gasteiger partial charge in [-0.15, -0.1) is 0 Å². The first-order chi connectivity index (χ1) is 17.3. The zero-order chi connectivity index (χ0) is 25.7. The monoisotopic (exact) mass is 505 g/mol. The Bertz CT molecular complexity index is 1420. The second-order valence-electron chi connectivity index (χ2n) is 8.40. The number of carbonyl (C=O) groups is 1. The number of benzene rings is 2. The zero-order valence-electron chi connectivity index (χ0n) is 20.1. The molecular weight excluding hydrogens is 478 g/mol. The summed E-state index contributed by atoms with van der Waals surface area (Å²) in [5.41, 5.74) is 4.08. The summed E-state index contributed by atoms with van der Waals surface area (Å²) in [5.74, 6) is 1.19. The van der Waals surface area contributed by atoms with E-state index in [9.17, 15) is 18.5 Å². The van der Waals surface area contributed by atoms with Gasteiger partial charge in [-0.1, -0.05) is 18.2 Å². The van der Waals surface area contributed by atoms with Crippen molar-refractivity contribution in [1.82, 2.24) is 10.3 Å². The average molecular weight is 506 g/mol. The summed E-state index contributed by atoms with van der Waals surface area (Å²) >= 11 is 0. The van der Waals surface area contributed by atoms with Gasteiger partial charge in [-0.2, -0.15) is 5.26 Å². The second-order valence-corrected chi connectivity index (χ2v) is 10.7. The first kappa shape index (κ1) is 25.0. The highest BCUT2D eigenvalue weighted by atomic mass is 32.2. The smallest absolute Gasteiger partial charge is 0.251 e. The van der Waals surface area contributed by atoms with Crippen LogP contribution in [-0.4, -0.2) is 58.1 Å². The molecule has 186 valence electrons. The number of hydrogen-bond acceptors (Lipinski definition) is 8. The molecule has 0 atom stereocenters. The molecule has 3 aromatic rings. The fourth-order valence-electron chi connectivity index (χ4n) is 4.14. The highest BCUT2D eigenvalue weighted by molar-refractivity contribution is 7.91. The Morgan fingerprint density at radius 2 is 1.89 bits per heavy atom. The number of carbonyl (C=O) groups excluding carboxylic acids is 1. The number of rotatable bonds is 7. The number of pyridine rings is 1. The van der Waals surface area contributed by atoms with E-state index in [1.165, 1.54) is 6.20 Å². The molecule has 0 unspecified atom stereocenters. The highest BCUT2D eigenvalue weighted by Gasteiger charge is 2.22. The van der Waals surface area contributed by atoms with Gasteiger partial charge in [0.2, 0.25) is 0 Å². The molecule has 1 aliphatic rings. The van der Waals surface area contributed by atoms with E-state index < -0.39 is 9.84 Å². The van der Waals surface area contributed by atoms with Crippen LogP contribution in [0.5, 0.6) is 5.75 Å². The molecule has 2 N–H and O–H groups in total. The van der Waals surface area contributed by atoms with Crippen LogP contribution in [0.15, 0.2) is 54.7 Å². The van der Waals surface area contributed by atoms with E-state index in [-0.39, 0.29) is 17.4 Å². The normalized spacial score (nSPS) is 14.5. The molecule has 1 aromatic heterocycles. The minimum absolute atomic E-state index is 0.135. The van der Waals surface area contributed by atoms with E-state index in [1.807, 2.05) is 35.2 Å². The molecule has 10 heteroatoms. The molecule has 0 radical (unpaired) electrons. The fourth-order valence-corrected chi connectivity index (χ4v) is 5.34. The van der Waals surface area contributed by atoms with Gasteiger partial charge in [0.25, 0.3) is 5.91 Å². The van der Waals surface area contributed by atoms with E-state index in [1.54, 1.807) is 32.4 Å². The number of nitriles is 1. The zero-order valence-corrected chi connectivity index (χ0v) is 20.9. The standard InChI is InChI=1S/C26H27N5O4S/c1-28-26(32)22-6-4-3-5-18(22)13-19-14-25(29-17-20(19)16-27)30-23-8-7-21(15-24(23)35-2)31-9-11-36(33,34)12-10-31/h3-8,14-15,17H,9-13H2,1-2H3,(H,28,32)(H,29,30). The molecule has 0 bridgehead atoms. The maximum absolute atomic E-state index is 12.3. The Morgan fingerprint density at radius 3 is 2.58 bits per heavy atom. The molecule has 0 spiro atoms. The Labute approximate surface area is 210 Å². The van der Waals surface area contributed by atoms with Crippen molar-refractivity contribution in [2.24, 2.45) is 0 Å². The van der Waals surface area contributed by atoms with Crippen molar-refractivity contribution in [2.75, 3.05) is 49.0 Å². The van der Waals surface area contributed by atoms with Gasteiger partial charge < -0.3 is 20.3 Å². The third-order valence-corrected chi connectivity index (χ3v) is 7.75. The lowest BCUT2D eigenvalue weighted by Crippen LogP contribution is -2.40. The SMILES string of the molecule is CNC(=O)c1ccccc1Cc1cc(Nc2ccc(N3CCS(=O)(=O)CC3)cc2OC)ncc1C#N. The van der Waals surface area contributed by atoms with Gasteiger partial charge in [0.05, 0.1) is 29.9 Å². The van der Waals surface area contributed by atoms with Crippen molar-refractivity contribution in [1.29, 1.82) is 5.26 Å². The molecule has 2 heterocycles. The van der Waals surface area contributed by atoms with Crippen LogP contribution in [0.25, 0.3) is 0 Å². The Balaban J connectivity index is 1.59. The van der Waals surface area contributed by atoms with E-state index >= 15 is 0 Å². The van der Waals surface area contributed by atoms with E-state index in [4.69, 9.17) is 4.74 Å². The van der Waals surface area contributed by atoms with Gasteiger partial charge in [-0.3, -0.25) is 4.79 Å². The second kappa shape index (κ2) is 10.7. The maximum Gasteiger partial charge on any atom is 0.251 e. The topological polar surface area (TPSA) is 124 Å². The number of hydrogen-bond donors (Lipinski definition) is 2. The van der Waals surface area contributed by atoms with Gasteiger partial charge >= 0.3 is 0 Å². The van der Waals surface area contributed by atoms with E-state index in [0.29, 0.717) is 47.9 Å². The molecule has 36 heavy (non-hydrogen) atoms. The van der Waals surface area contributed by atoms with Crippen molar-refractivity contribution in [2.45, 2.75) is 6.42 Å². The summed E-state index contributed by atoms with van der Waals surface area (Å²) in [5, 5.41) is 15.5. The third kappa shape index (κ3) is 5.58. The molecule has 1 saturated heterocycles. The Kier molecular flexibility index (Phi) is 7.41.